The van der Waals surface area contributed by atoms with Crippen molar-refractivity contribution in [1.82, 2.24) is 9.80 Å². The monoisotopic (exact) mass is 435 g/mol. The number of imide groups is 1. The largest absolute Gasteiger partial charge is 0.435 e. The summed E-state index contributed by atoms with van der Waals surface area (Å²) in [6.07, 6.45) is 0.245. The van der Waals surface area contributed by atoms with E-state index in [-0.39, 0.29) is 25.3 Å². The van der Waals surface area contributed by atoms with E-state index < -0.39 is 29.8 Å². The van der Waals surface area contributed by atoms with Crippen LogP contribution in [0.1, 0.15) is 5.56 Å². The summed E-state index contributed by atoms with van der Waals surface area (Å²) in [5, 5.41) is 2.01. The lowest BCUT2D eigenvalue weighted by Gasteiger charge is -2.38. The maximum atomic E-state index is 13.0. The van der Waals surface area contributed by atoms with E-state index >= 15 is 0 Å². The van der Waals surface area contributed by atoms with Gasteiger partial charge in [0.1, 0.15) is 11.8 Å². The Morgan fingerprint density at radius 2 is 1.77 bits per heavy atom. The minimum Gasteiger partial charge on any atom is -0.435 e. The van der Waals surface area contributed by atoms with Crippen molar-refractivity contribution in [1.29, 1.82) is 0 Å². The summed E-state index contributed by atoms with van der Waals surface area (Å²) in [6.45, 7) is -2.79. The third kappa shape index (κ3) is 5.26. The average Bonchev–Trinajstić information content (AvgIpc) is 2.71. The number of amides is 4. The molecule has 1 aliphatic heterocycles. The highest BCUT2D eigenvalue weighted by Gasteiger charge is 2.39. The molecular weight excluding hydrogens is 416 g/mol. The van der Waals surface area contributed by atoms with Crippen molar-refractivity contribution in [3.8, 4) is 5.75 Å². The number of nitrogens with one attached hydrogen (secondary N) is 1. The van der Waals surface area contributed by atoms with E-state index in [1.165, 1.54) is 29.2 Å². The number of alkyl halides is 2. The molecule has 1 aliphatic rings. The Bertz CT molecular complexity index is 912. The standard InChI is InChI=1S/C20H19F2N3O4S/c21-18(22)29-15-8-6-14(7-9-15)23-19(27)25-11-10-24(20(28)30)16(17(25)26)12-13-4-2-1-3-5-13/h1-9,16,18H,10-12H2,(H,23,27)(H,28,30)/t16-/m0/s1. The zero-order valence-electron chi connectivity index (χ0n) is 15.7. The molecule has 0 bridgehead atoms. The Labute approximate surface area is 177 Å². The van der Waals surface area contributed by atoms with Crippen LogP contribution in [0.3, 0.4) is 0 Å². The highest BCUT2D eigenvalue weighted by Crippen LogP contribution is 2.21. The molecule has 7 nitrogen and oxygen atoms in total. The topological polar surface area (TPSA) is 79.0 Å². The Morgan fingerprint density at radius 1 is 1.10 bits per heavy atom. The van der Waals surface area contributed by atoms with E-state index in [0.29, 0.717) is 5.69 Å². The van der Waals surface area contributed by atoms with Gasteiger partial charge in [-0.05, 0) is 29.8 Å². The SMILES string of the molecule is O=C(Nc1ccc(OC(F)F)cc1)N1CCN(C(=O)S)[C@@H](Cc2ccccc2)C1=O. The van der Waals surface area contributed by atoms with Gasteiger partial charge in [0.15, 0.2) is 0 Å². The molecule has 0 radical (unpaired) electrons. The van der Waals surface area contributed by atoms with E-state index in [1.807, 2.05) is 30.3 Å². The summed E-state index contributed by atoms with van der Waals surface area (Å²) < 4.78 is 28.7. The molecule has 2 aromatic carbocycles. The van der Waals surface area contributed by atoms with Gasteiger partial charge in [0.2, 0.25) is 0 Å². The van der Waals surface area contributed by atoms with Crippen LogP contribution in [0.4, 0.5) is 24.1 Å². The molecule has 1 saturated heterocycles. The van der Waals surface area contributed by atoms with Crippen molar-refractivity contribution in [3.05, 3.63) is 60.2 Å². The predicted molar refractivity (Wildman–Crippen MR) is 109 cm³/mol. The Kier molecular flexibility index (Phi) is 6.88. The van der Waals surface area contributed by atoms with Crippen molar-refractivity contribution in [2.75, 3.05) is 18.4 Å². The molecule has 10 heteroatoms. The molecule has 30 heavy (non-hydrogen) atoms. The first-order valence-corrected chi connectivity index (χ1v) is 9.50. The van der Waals surface area contributed by atoms with Gasteiger partial charge in [-0.15, -0.1) is 0 Å². The predicted octanol–water partition coefficient (Wildman–Crippen LogP) is 3.63. The summed E-state index contributed by atoms with van der Waals surface area (Å²) in [5.74, 6) is -0.578. The number of piperazine rings is 1. The van der Waals surface area contributed by atoms with E-state index in [2.05, 4.69) is 22.7 Å². The molecule has 1 N–H and O–H groups in total. The number of urea groups is 1. The molecule has 3 rings (SSSR count). The van der Waals surface area contributed by atoms with Crippen LogP contribution in [-0.2, 0) is 11.2 Å². The Morgan fingerprint density at radius 3 is 2.37 bits per heavy atom. The highest BCUT2D eigenvalue weighted by molar-refractivity contribution is 7.96. The number of ether oxygens (including phenoxy) is 1. The van der Waals surface area contributed by atoms with Crippen molar-refractivity contribution in [2.45, 2.75) is 19.1 Å². The molecule has 2 aromatic rings. The Balaban J connectivity index is 1.71. The van der Waals surface area contributed by atoms with Gasteiger partial charge in [0.05, 0.1) is 0 Å². The zero-order valence-corrected chi connectivity index (χ0v) is 16.6. The van der Waals surface area contributed by atoms with Gasteiger partial charge in [-0.2, -0.15) is 8.78 Å². The second-order valence-electron chi connectivity index (χ2n) is 6.50. The summed E-state index contributed by atoms with van der Waals surface area (Å²) in [6, 6.07) is 12.9. The van der Waals surface area contributed by atoms with Crippen molar-refractivity contribution < 1.29 is 27.9 Å². The van der Waals surface area contributed by atoms with Gasteiger partial charge < -0.3 is 15.0 Å². The average molecular weight is 435 g/mol. The van der Waals surface area contributed by atoms with Crippen LogP contribution in [0.25, 0.3) is 0 Å². The summed E-state index contributed by atoms with van der Waals surface area (Å²) in [4.78, 5) is 39.9. The quantitative estimate of drug-likeness (QED) is 0.703. The third-order valence-corrected chi connectivity index (χ3v) is 4.84. The molecule has 0 spiro atoms. The van der Waals surface area contributed by atoms with Gasteiger partial charge in [0.25, 0.3) is 11.1 Å². The molecule has 1 heterocycles. The smallest absolute Gasteiger partial charge is 0.387 e. The number of anilines is 1. The van der Waals surface area contributed by atoms with E-state index in [4.69, 9.17) is 0 Å². The number of nitrogens with zero attached hydrogens (tertiary/aromatic N) is 2. The molecule has 0 aliphatic carbocycles. The minimum atomic E-state index is -2.95. The van der Waals surface area contributed by atoms with Crippen LogP contribution in [0.2, 0.25) is 0 Å². The molecule has 0 unspecified atom stereocenters. The number of hydrogen-bond donors (Lipinski definition) is 2. The number of hydrogen-bond acceptors (Lipinski definition) is 4. The molecule has 1 fully saturated rings. The maximum Gasteiger partial charge on any atom is 0.387 e. The zero-order chi connectivity index (χ0) is 21.7. The Hall–Kier alpha value is -3.14. The van der Waals surface area contributed by atoms with E-state index in [1.54, 1.807) is 0 Å². The molecule has 1 atom stereocenters. The lowest BCUT2D eigenvalue weighted by atomic mass is 10.0. The van der Waals surface area contributed by atoms with Crippen LogP contribution in [0, 0.1) is 0 Å². The second-order valence-corrected chi connectivity index (χ2v) is 6.89. The van der Waals surface area contributed by atoms with Crippen molar-refractivity contribution in [3.63, 3.8) is 0 Å². The molecular formula is C20H19F2N3O4S. The molecule has 4 amide bonds. The van der Waals surface area contributed by atoms with E-state index in [0.717, 1.165) is 10.5 Å². The first-order valence-electron chi connectivity index (χ1n) is 9.06. The van der Waals surface area contributed by atoms with Gasteiger partial charge >= 0.3 is 12.6 Å². The fourth-order valence-corrected chi connectivity index (χ4v) is 3.40. The number of rotatable bonds is 5. The lowest BCUT2D eigenvalue weighted by molar-refractivity contribution is -0.135. The minimum absolute atomic E-state index is 0.00876. The first kappa shape index (κ1) is 21.6. The third-order valence-electron chi connectivity index (χ3n) is 4.59. The van der Waals surface area contributed by atoms with Gasteiger partial charge in [-0.25, -0.2) is 4.79 Å². The van der Waals surface area contributed by atoms with Gasteiger partial charge in [-0.1, -0.05) is 43.0 Å². The number of carbonyl (C=O) groups is 3. The first-order chi connectivity index (χ1) is 14.3. The van der Waals surface area contributed by atoms with E-state index in [9.17, 15) is 23.2 Å². The number of halogens is 2. The normalized spacial score (nSPS) is 16.5. The van der Waals surface area contributed by atoms with Crippen LogP contribution in [0.15, 0.2) is 54.6 Å². The highest BCUT2D eigenvalue weighted by atomic mass is 32.1. The van der Waals surface area contributed by atoms with Crippen molar-refractivity contribution >= 4 is 35.5 Å². The fraction of sp³-hybridized carbons (Fsp3) is 0.250. The van der Waals surface area contributed by atoms with Crippen LogP contribution in [-0.4, -0.2) is 52.7 Å². The second kappa shape index (κ2) is 9.57. The summed E-state index contributed by atoms with van der Waals surface area (Å²) in [7, 11) is 0. The fourth-order valence-electron chi connectivity index (χ4n) is 3.16. The van der Waals surface area contributed by atoms with Crippen LogP contribution < -0.4 is 10.1 Å². The number of carbonyl (C=O) groups excluding carboxylic acids is 3. The molecule has 0 saturated carbocycles. The maximum absolute atomic E-state index is 13.0. The summed E-state index contributed by atoms with van der Waals surface area (Å²) in [5.41, 5.74) is 1.15. The molecule has 158 valence electrons. The summed E-state index contributed by atoms with van der Waals surface area (Å²) >= 11 is 3.85. The number of benzene rings is 2. The van der Waals surface area contributed by atoms with Gasteiger partial charge in [-0.3, -0.25) is 14.5 Å². The number of thiol groups is 1. The molecule has 0 aromatic heterocycles. The van der Waals surface area contributed by atoms with Crippen molar-refractivity contribution in [2.24, 2.45) is 0 Å². The van der Waals surface area contributed by atoms with Gasteiger partial charge in [0, 0.05) is 25.2 Å². The van der Waals surface area contributed by atoms with Crippen LogP contribution >= 0.6 is 12.6 Å². The van der Waals surface area contributed by atoms with Crippen LogP contribution in [0.5, 0.6) is 5.75 Å². The lowest BCUT2D eigenvalue weighted by Crippen LogP contribution is -2.60.